The molecule has 1 aromatic heterocycles. The van der Waals surface area contributed by atoms with Crippen molar-refractivity contribution in [1.29, 1.82) is 0 Å². The number of amides is 1. The van der Waals surface area contributed by atoms with E-state index in [9.17, 15) is 22.8 Å². The van der Waals surface area contributed by atoms with E-state index >= 15 is 0 Å². The van der Waals surface area contributed by atoms with Crippen LogP contribution >= 0.6 is 0 Å². The van der Waals surface area contributed by atoms with E-state index in [2.05, 4.69) is 22.3 Å². The van der Waals surface area contributed by atoms with Crippen molar-refractivity contribution in [3.05, 3.63) is 41.3 Å². The maximum atomic E-state index is 14.0. The van der Waals surface area contributed by atoms with E-state index in [1.54, 1.807) is 0 Å². The van der Waals surface area contributed by atoms with Crippen molar-refractivity contribution in [2.45, 2.75) is 44.7 Å². The molecule has 2 unspecified atom stereocenters. The van der Waals surface area contributed by atoms with Gasteiger partial charge in [-0.05, 0) is 25.2 Å². The highest BCUT2D eigenvalue weighted by molar-refractivity contribution is 5.93. The monoisotopic (exact) mass is 465 g/mol. The largest absolute Gasteiger partial charge is 0.469 e. The Kier molecular flexibility index (Phi) is 6.73. The number of ether oxygens (including phenoxy) is 1. The average molecular weight is 465 g/mol. The predicted octanol–water partition coefficient (Wildman–Crippen LogP) is 3.54. The Labute approximate surface area is 189 Å². The van der Waals surface area contributed by atoms with Crippen LogP contribution in [0.3, 0.4) is 0 Å². The molecule has 33 heavy (non-hydrogen) atoms. The summed E-state index contributed by atoms with van der Waals surface area (Å²) < 4.78 is 51.1. The van der Waals surface area contributed by atoms with Crippen molar-refractivity contribution < 1.29 is 32.0 Å². The first kappa shape index (κ1) is 23.3. The van der Waals surface area contributed by atoms with Gasteiger partial charge >= 0.3 is 5.97 Å². The van der Waals surface area contributed by atoms with Gasteiger partial charge in [0.05, 0.1) is 18.6 Å². The van der Waals surface area contributed by atoms with Gasteiger partial charge in [0, 0.05) is 43.4 Å². The fraction of sp³-hybridized carbons (Fsp3) is 0.522. The lowest BCUT2D eigenvalue weighted by Crippen LogP contribution is -2.56. The average Bonchev–Trinajstić information content (AvgIpc) is 3.42. The lowest BCUT2D eigenvalue weighted by Gasteiger charge is -2.41. The van der Waals surface area contributed by atoms with E-state index in [-0.39, 0.29) is 11.5 Å². The second-order valence-electron chi connectivity index (χ2n) is 8.79. The lowest BCUT2D eigenvalue weighted by molar-refractivity contribution is -0.148. The number of benzene rings is 1. The Balaban J connectivity index is 1.48. The summed E-state index contributed by atoms with van der Waals surface area (Å²) in [6.07, 6.45) is 3.95. The van der Waals surface area contributed by atoms with E-state index in [0.29, 0.717) is 37.1 Å². The molecular weight excluding hydrogens is 439 g/mol. The smallest absolute Gasteiger partial charge is 0.312 e. The van der Waals surface area contributed by atoms with Crippen LogP contribution in [-0.2, 0) is 9.53 Å². The molecule has 2 aromatic rings. The summed E-state index contributed by atoms with van der Waals surface area (Å²) in [5.41, 5.74) is -0.821. The predicted molar refractivity (Wildman–Crippen MR) is 112 cm³/mol. The Morgan fingerprint density at radius 3 is 2.52 bits per heavy atom. The highest BCUT2D eigenvalue weighted by Gasteiger charge is 2.40. The molecule has 7 nitrogen and oxygen atoms in total. The molecule has 10 heteroatoms. The summed E-state index contributed by atoms with van der Waals surface area (Å²) in [7, 11) is 1.31. The van der Waals surface area contributed by atoms with Gasteiger partial charge in [-0.1, -0.05) is 18.5 Å². The number of hydrogen-bond acceptors (Lipinski definition) is 6. The van der Waals surface area contributed by atoms with Gasteiger partial charge in [0.2, 0.25) is 0 Å². The highest BCUT2D eigenvalue weighted by Crippen LogP contribution is 2.33. The number of aromatic nitrogens is 1. The first-order chi connectivity index (χ1) is 15.8. The molecule has 0 bridgehead atoms. The van der Waals surface area contributed by atoms with Crippen LogP contribution in [0.1, 0.15) is 43.1 Å². The minimum Gasteiger partial charge on any atom is -0.469 e. The zero-order chi connectivity index (χ0) is 23.7. The second-order valence-corrected chi connectivity index (χ2v) is 8.79. The van der Waals surface area contributed by atoms with Gasteiger partial charge in [0.15, 0.2) is 11.5 Å². The highest BCUT2D eigenvalue weighted by atomic mass is 19.1. The van der Waals surface area contributed by atoms with Gasteiger partial charge in [0.1, 0.15) is 17.5 Å². The topological polar surface area (TPSA) is 84.7 Å². The molecule has 1 saturated heterocycles. The molecule has 178 valence electrons. The van der Waals surface area contributed by atoms with Crippen LogP contribution in [0, 0.1) is 29.3 Å². The molecule has 4 atom stereocenters. The van der Waals surface area contributed by atoms with E-state index in [1.165, 1.54) is 7.11 Å². The Morgan fingerprint density at radius 2 is 1.88 bits per heavy atom. The van der Waals surface area contributed by atoms with Crippen molar-refractivity contribution in [3.63, 3.8) is 0 Å². The van der Waals surface area contributed by atoms with Crippen LogP contribution in [0.4, 0.5) is 13.2 Å². The number of methoxy groups -OCH3 is 1. The number of carbonyl (C=O) groups is 2. The number of esters is 1. The van der Waals surface area contributed by atoms with Gasteiger partial charge < -0.3 is 14.6 Å². The molecule has 4 rings (SSSR count). The van der Waals surface area contributed by atoms with Gasteiger partial charge in [0.25, 0.3) is 5.91 Å². The van der Waals surface area contributed by atoms with E-state index < -0.39 is 46.9 Å². The van der Waals surface area contributed by atoms with E-state index in [1.807, 2.05) is 0 Å². The molecule has 1 amide bonds. The van der Waals surface area contributed by atoms with Gasteiger partial charge in [-0.15, -0.1) is 0 Å². The van der Waals surface area contributed by atoms with E-state index in [4.69, 9.17) is 9.26 Å². The first-order valence-electron chi connectivity index (χ1n) is 11.0. The first-order valence-corrected chi connectivity index (χ1v) is 11.0. The molecule has 1 aliphatic carbocycles. The molecule has 2 aliphatic rings. The zero-order valence-electron chi connectivity index (χ0n) is 18.4. The SMILES string of the molecule is COC(=O)[C@@H]1CN(C2CCCC2C)CC[C@H]1NC(=O)c1cc(-c2c(F)cc(F)cc2F)on1. The molecule has 1 N–H and O–H groups in total. The van der Waals surface area contributed by atoms with E-state index in [0.717, 1.165) is 31.9 Å². The summed E-state index contributed by atoms with van der Waals surface area (Å²) in [4.78, 5) is 27.6. The number of nitrogens with one attached hydrogen (secondary N) is 1. The summed E-state index contributed by atoms with van der Waals surface area (Å²) >= 11 is 0. The van der Waals surface area contributed by atoms with Crippen molar-refractivity contribution in [2.24, 2.45) is 11.8 Å². The normalized spacial score (nSPS) is 25.7. The molecule has 0 spiro atoms. The van der Waals surface area contributed by atoms with Crippen LogP contribution in [0.25, 0.3) is 11.3 Å². The summed E-state index contributed by atoms with van der Waals surface area (Å²) in [5, 5.41) is 6.39. The summed E-state index contributed by atoms with van der Waals surface area (Å²) in [5.74, 6) is -4.82. The number of likely N-dealkylation sites (tertiary alicyclic amines) is 1. The van der Waals surface area contributed by atoms with Crippen LogP contribution in [0.15, 0.2) is 22.7 Å². The lowest BCUT2D eigenvalue weighted by atomic mass is 9.89. The quantitative estimate of drug-likeness (QED) is 0.680. The molecule has 1 saturated carbocycles. The van der Waals surface area contributed by atoms with Gasteiger partial charge in [-0.3, -0.25) is 14.5 Å². The van der Waals surface area contributed by atoms with Crippen molar-refractivity contribution in [3.8, 4) is 11.3 Å². The standard InChI is InChI=1S/C23H26F3N3O4/c1-12-4-3-5-19(12)29-7-6-17(14(11-29)23(31)32-2)27-22(30)18-10-20(33-28-18)21-15(25)8-13(24)9-16(21)26/h8-10,12,14,17,19H,3-7,11H2,1-2H3,(H,27,30)/t12?,14-,17-,19?/m1/s1. The van der Waals surface area contributed by atoms with Crippen LogP contribution < -0.4 is 5.32 Å². The Hall–Kier alpha value is -2.88. The number of halogens is 3. The third kappa shape index (κ3) is 4.75. The second kappa shape index (κ2) is 9.54. The number of rotatable bonds is 5. The number of hydrogen-bond donors (Lipinski definition) is 1. The van der Waals surface area contributed by atoms with Crippen LogP contribution in [0.2, 0.25) is 0 Å². The molecular formula is C23H26F3N3O4. The van der Waals surface area contributed by atoms with Crippen molar-refractivity contribution in [1.82, 2.24) is 15.4 Å². The molecule has 0 radical (unpaired) electrons. The maximum Gasteiger partial charge on any atom is 0.312 e. The van der Waals surface area contributed by atoms with Crippen LogP contribution in [-0.4, -0.2) is 54.2 Å². The Bertz CT molecular complexity index is 1020. The van der Waals surface area contributed by atoms with Crippen molar-refractivity contribution in [2.75, 3.05) is 20.2 Å². The fourth-order valence-corrected chi connectivity index (χ4v) is 5.03. The third-order valence-corrected chi connectivity index (χ3v) is 6.75. The molecule has 2 fully saturated rings. The number of nitrogens with zero attached hydrogens (tertiary/aromatic N) is 2. The van der Waals surface area contributed by atoms with Crippen molar-refractivity contribution >= 4 is 11.9 Å². The minimum absolute atomic E-state index is 0.205. The zero-order valence-corrected chi connectivity index (χ0v) is 18.4. The minimum atomic E-state index is -1.17. The molecule has 1 aliphatic heterocycles. The Morgan fingerprint density at radius 1 is 1.15 bits per heavy atom. The van der Waals surface area contributed by atoms with Crippen LogP contribution in [0.5, 0.6) is 0 Å². The summed E-state index contributed by atoms with van der Waals surface area (Å²) in [6.45, 7) is 3.42. The fourth-order valence-electron chi connectivity index (χ4n) is 5.03. The molecule has 2 heterocycles. The van der Waals surface area contributed by atoms with Gasteiger partial charge in [-0.25, -0.2) is 13.2 Å². The number of piperidine rings is 1. The molecule has 1 aromatic carbocycles. The number of carbonyl (C=O) groups excluding carboxylic acids is 2. The van der Waals surface area contributed by atoms with Gasteiger partial charge in [-0.2, -0.15) is 0 Å². The maximum absolute atomic E-state index is 14.0. The summed E-state index contributed by atoms with van der Waals surface area (Å²) in [6, 6.07) is 2.03. The third-order valence-electron chi connectivity index (χ3n) is 6.75.